The van der Waals surface area contributed by atoms with Crippen LogP contribution in [-0.4, -0.2) is 33.2 Å². The molecule has 0 spiro atoms. The van der Waals surface area contributed by atoms with Crippen molar-refractivity contribution in [2.45, 2.75) is 11.4 Å². The van der Waals surface area contributed by atoms with Gasteiger partial charge in [0, 0.05) is 25.4 Å². The maximum absolute atomic E-state index is 14.4. The van der Waals surface area contributed by atoms with Gasteiger partial charge >= 0.3 is 0 Å². The minimum Gasteiger partial charge on any atom is -0.381 e. The molecule has 0 atom stereocenters. The molecule has 7 heteroatoms. The van der Waals surface area contributed by atoms with Crippen molar-refractivity contribution >= 4 is 16.1 Å². The summed E-state index contributed by atoms with van der Waals surface area (Å²) in [5.74, 6) is -0.477. The topological polar surface area (TPSA) is 60.3 Å². The average Bonchev–Trinajstić information content (AvgIpc) is 3.14. The number of aromatic nitrogens is 1. The summed E-state index contributed by atoms with van der Waals surface area (Å²) in [4.78, 5) is 0.126. The van der Waals surface area contributed by atoms with E-state index in [1.54, 1.807) is 62.7 Å². The standard InChI is InChI=1S/C22H23FN2O3S/c1-24-15-18-14-22(20-10-3-4-11-21(20)23)25(16-18)29(26,27)19-9-5-7-17(13-19)8-6-12-28-2/h3-11,13-14,16,24H,12,15H2,1-2H3. The molecule has 0 radical (unpaired) electrons. The Morgan fingerprint density at radius 1 is 1.14 bits per heavy atom. The van der Waals surface area contributed by atoms with Crippen LogP contribution < -0.4 is 5.32 Å². The first-order valence-electron chi connectivity index (χ1n) is 9.09. The number of hydrogen-bond donors (Lipinski definition) is 1. The van der Waals surface area contributed by atoms with Crippen LogP contribution in [0.15, 0.2) is 71.8 Å². The molecule has 0 unspecified atom stereocenters. The SMILES string of the molecule is CNCc1cc(-c2ccccc2F)n(S(=O)(=O)c2cccc(C=CCOC)c2)c1. The highest BCUT2D eigenvalue weighted by Crippen LogP contribution is 2.29. The van der Waals surface area contributed by atoms with Crippen LogP contribution in [0.5, 0.6) is 0 Å². The van der Waals surface area contributed by atoms with Crippen molar-refractivity contribution < 1.29 is 17.5 Å². The van der Waals surface area contributed by atoms with Gasteiger partial charge in [0.1, 0.15) is 5.82 Å². The molecule has 3 rings (SSSR count). The van der Waals surface area contributed by atoms with Crippen molar-refractivity contribution in [1.29, 1.82) is 0 Å². The van der Waals surface area contributed by atoms with E-state index in [0.29, 0.717) is 13.2 Å². The van der Waals surface area contributed by atoms with E-state index < -0.39 is 15.8 Å². The van der Waals surface area contributed by atoms with Gasteiger partial charge in [-0.2, -0.15) is 0 Å². The lowest BCUT2D eigenvalue weighted by atomic mass is 10.1. The van der Waals surface area contributed by atoms with E-state index in [2.05, 4.69) is 5.32 Å². The Morgan fingerprint density at radius 2 is 1.93 bits per heavy atom. The summed E-state index contributed by atoms with van der Waals surface area (Å²) < 4.78 is 47.4. The molecule has 3 aromatic rings. The Balaban J connectivity index is 2.12. The Kier molecular flexibility index (Phi) is 6.64. The summed E-state index contributed by atoms with van der Waals surface area (Å²) in [6.07, 6.45) is 5.13. The Hall–Kier alpha value is -2.74. The highest BCUT2D eigenvalue weighted by molar-refractivity contribution is 7.90. The Labute approximate surface area is 170 Å². The van der Waals surface area contributed by atoms with Gasteiger partial charge in [-0.05, 0) is 48.5 Å². The molecule has 0 aliphatic heterocycles. The van der Waals surface area contributed by atoms with Gasteiger partial charge in [-0.15, -0.1) is 0 Å². The van der Waals surface area contributed by atoms with E-state index in [0.717, 1.165) is 15.1 Å². The summed E-state index contributed by atoms with van der Waals surface area (Å²) in [5, 5.41) is 3.00. The summed E-state index contributed by atoms with van der Waals surface area (Å²) >= 11 is 0. The van der Waals surface area contributed by atoms with Gasteiger partial charge in [0.05, 0.1) is 17.2 Å². The molecule has 0 saturated heterocycles. The number of halogens is 1. The zero-order chi connectivity index (χ0) is 20.9. The van der Waals surface area contributed by atoms with Gasteiger partial charge in [-0.25, -0.2) is 16.8 Å². The van der Waals surface area contributed by atoms with Gasteiger partial charge in [-0.3, -0.25) is 0 Å². The third kappa shape index (κ3) is 4.64. The molecular weight excluding hydrogens is 391 g/mol. The second kappa shape index (κ2) is 9.17. The molecule has 0 aliphatic rings. The zero-order valence-corrected chi connectivity index (χ0v) is 17.1. The molecule has 1 N–H and O–H groups in total. The molecule has 0 fully saturated rings. The number of rotatable bonds is 8. The van der Waals surface area contributed by atoms with Crippen molar-refractivity contribution in [2.75, 3.05) is 20.8 Å². The minimum absolute atomic E-state index is 0.126. The molecule has 152 valence electrons. The predicted molar refractivity (Wildman–Crippen MR) is 113 cm³/mol. The lowest BCUT2D eigenvalue weighted by Crippen LogP contribution is -2.14. The maximum atomic E-state index is 14.4. The van der Waals surface area contributed by atoms with E-state index in [4.69, 9.17) is 4.74 Å². The lowest BCUT2D eigenvalue weighted by Gasteiger charge is -2.12. The molecule has 5 nitrogen and oxygen atoms in total. The van der Waals surface area contributed by atoms with Gasteiger partial charge < -0.3 is 10.1 Å². The number of nitrogens with one attached hydrogen (secondary N) is 1. The quantitative estimate of drug-likeness (QED) is 0.607. The van der Waals surface area contributed by atoms with Gasteiger partial charge in [0.15, 0.2) is 0 Å². The van der Waals surface area contributed by atoms with Crippen LogP contribution in [0.1, 0.15) is 11.1 Å². The van der Waals surface area contributed by atoms with E-state index in [-0.39, 0.29) is 16.2 Å². The zero-order valence-electron chi connectivity index (χ0n) is 16.3. The fraction of sp³-hybridized carbons (Fsp3) is 0.182. The summed E-state index contributed by atoms with van der Waals surface area (Å²) in [7, 11) is -0.572. The molecule has 2 aromatic carbocycles. The van der Waals surface area contributed by atoms with Crippen LogP contribution in [-0.2, 0) is 21.3 Å². The van der Waals surface area contributed by atoms with E-state index >= 15 is 0 Å². The molecule has 0 aliphatic carbocycles. The van der Waals surface area contributed by atoms with Crippen molar-refractivity contribution in [3.63, 3.8) is 0 Å². The fourth-order valence-electron chi connectivity index (χ4n) is 3.03. The Bertz CT molecular complexity index is 1120. The van der Waals surface area contributed by atoms with Crippen molar-refractivity contribution in [2.24, 2.45) is 0 Å². The first-order valence-corrected chi connectivity index (χ1v) is 10.5. The normalized spacial score (nSPS) is 12.0. The number of ether oxygens (including phenoxy) is 1. The maximum Gasteiger partial charge on any atom is 0.268 e. The molecule has 1 heterocycles. The van der Waals surface area contributed by atoms with Crippen LogP contribution in [0.3, 0.4) is 0 Å². The van der Waals surface area contributed by atoms with E-state index in [1.165, 1.54) is 18.3 Å². The van der Waals surface area contributed by atoms with E-state index in [9.17, 15) is 12.8 Å². The molecule has 0 saturated carbocycles. The molecule has 1 aromatic heterocycles. The number of hydrogen-bond acceptors (Lipinski definition) is 4. The fourth-order valence-corrected chi connectivity index (χ4v) is 4.48. The first kappa shape index (κ1) is 21.0. The van der Waals surface area contributed by atoms with Crippen LogP contribution in [0.2, 0.25) is 0 Å². The van der Waals surface area contributed by atoms with Crippen molar-refractivity contribution in [3.05, 3.63) is 83.8 Å². The van der Waals surface area contributed by atoms with Crippen LogP contribution in [0.25, 0.3) is 17.3 Å². The van der Waals surface area contributed by atoms with Gasteiger partial charge in [0.2, 0.25) is 0 Å². The minimum atomic E-state index is -3.93. The monoisotopic (exact) mass is 414 g/mol. The average molecular weight is 415 g/mol. The predicted octanol–water partition coefficient (Wildman–Crippen LogP) is 3.91. The summed E-state index contributed by atoms with van der Waals surface area (Å²) in [6.45, 7) is 0.892. The number of benzene rings is 2. The largest absolute Gasteiger partial charge is 0.381 e. The van der Waals surface area contributed by atoms with Crippen LogP contribution in [0, 0.1) is 5.82 Å². The smallest absolute Gasteiger partial charge is 0.268 e. The highest BCUT2D eigenvalue weighted by atomic mass is 32.2. The van der Waals surface area contributed by atoms with Crippen molar-refractivity contribution in [3.8, 4) is 11.3 Å². The van der Waals surface area contributed by atoms with Crippen LogP contribution in [0.4, 0.5) is 4.39 Å². The van der Waals surface area contributed by atoms with Crippen molar-refractivity contribution in [1.82, 2.24) is 9.29 Å². The summed E-state index contributed by atoms with van der Waals surface area (Å²) in [5.41, 5.74) is 1.99. The number of nitrogens with zero attached hydrogens (tertiary/aromatic N) is 1. The molecule has 29 heavy (non-hydrogen) atoms. The number of methoxy groups -OCH3 is 1. The second-order valence-corrected chi connectivity index (χ2v) is 8.29. The first-order chi connectivity index (χ1) is 14.0. The third-order valence-corrected chi connectivity index (χ3v) is 6.03. The third-order valence-electron chi connectivity index (χ3n) is 4.36. The molecule has 0 amide bonds. The summed E-state index contributed by atoms with van der Waals surface area (Å²) in [6, 6.07) is 14.4. The van der Waals surface area contributed by atoms with Gasteiger partial charge in [0.25, 0.3) is 10.0 Å². The highest BCUT2D eigenvalue weighted by Gasteiger charge is 2.23. The lowest BCUT2D eigenvalue weighted by molar-refractivity contribution is 0.234. The second-order valence-electron chi connectivity index (χ2n) is 6.47. The molecular formula is C22H23FN2O3S. The molecule has 0 bridgehead atoms. The Morgan fingerprint density at radius 3 is 2.66 bits per heavy atom. The van der Waals surface area contributed by atoms with E-state index in [1.807, 2.05) is 6.07 Å². The van der Waals surface area contributed by atoms with Gasteiger partial charge in [-0.1, -0.05) is 36.4 Å². The van der Waals surface area contributed by atoms with Crippen LogP contribution >= 0.6 is 0 Å².